The summed E-state index contributed by atoms with van der Waals surface area (Å²) in [5.74, 6) is -1.85. The Labute approximate surface area is 208 Å². The lowest BCUT2D eigenvalue weighted by atomic mass is 9.97. The lowest BCUT2D eigenvalue weighted by Gasteiger charge is -2.31. The van der Waals surface area contributed by atoms with E-state index in [1.54, 1.807) is 36.1 Å². The van der Waals surface area contributed by atoms with E-state index in [2.05, 4.69) is 4.99 Å². The Morgan fingerprint density at radius 1 is 1.00 bits per heavy atom. The Bertz CT molecular complexity index is 1260. The van der Waals surface area contributed by atoms with Crippen LogP contribution in [-0.2, 0) is 14.4 Å². The third kappa shape index (κ3) is 5.07. The van der Waals surface area contributed by atoms with Gasteiger partial charge in [0.1, 0.15) is 11.4 Å². The summed E-state index contributed by atoms with van der Waals surface area (Å²) in [7, 11) is 0. The molecule has 10 heteroatoms. The molecule has 2 aliphatic rings. The third-order valence-corrected chi connectivity index (χ3v) is 6.16. The van der Waals surface area contributed by atoms with E-state index in [0.717, 1.165) is 24.6 Å². The van der Waals surface area contributed by atoms with Crippen molar-refractivity contribution in [2.45, 2.75) is 32.6 Å². The van der Waals surface area contributed by atoms with Crippen LogP contribution >= 0.6 is 0 Å². The molecule has 2 fully saturated rings. The molecule has 0 radical (unpaired) electrons. The number of aliphatic imine (C=N–C) groups is 1. The molecule has 2 heterocycles. The second-order valence-corrected chi connectivity index (χ2v) is 8.49. The molecule has 188 valence electrons. The largest absolute Gasteiger partial charge is 0.491 e. The number of carbonyl (C=O) groups excluding carboxylic acids is 3. The second kappa shape index (κ2) is 10.6. The number of hydrogen-bond acceptors (Lipinski definition) is 6. The Morgan fingerprint density at radius 2 is 1.69 bits per heavy atom. The molecule has 2 aromatic carbocycles. The normalized spacial score (nSPS) is 19.0. The van der Waals surface area contributed by atoms with E-state index < -0.39 is 17.6 Å². The third-order valence-electron chi connectivity index (χ3n) is 6.16. The SMILES string of the molecule is CCOc1ccc(N=C2C(=O)N(c3ccc(N4CCCCC4=O)cc3)CCC2=C(N)C(N)=O)cc1F. The van der Waals surface area contributed by atoms with Crippen molar-refractivity contribution in [2.24, 2.45) is 16.5 Å². The van der Waals surface area contributed by atoms with Gasteiger partial charge in [0.2, 0.25) is 5.91 Å². The van der Waals surface area contributed by atoms with E-state index in [1.807, 2.05) is 0 Å². The maximum Gasteiger partial charge on any atom is 0.277 e. The van der Waals surface area contributed by atoms with Crippen molar-refractivity contribution in [3.63, 3.8) is 0 Å². The summed E-state index contributed by atoms with van der Waals surface area (Å²) in [4.78, 5) is 45.2. The summed E-state index contributed by atoms with van der Waals surface area (Å²) in [5.41, 5.74) is 12.7. The van der Waals surface area contributed by atoms with Crippen LogP contribution in [-0.4, -0.2) is 43.1 Å². The molecule has 0 aromatic heterocycles. The first kappa shape index (κ1) is 24.9. The number of benzene rings is 2. The summed E-state index contributed by atoms with van der Waals surface area (Å²) in [6, 6.07) is 11.2. The minimum absolute atomic E-state index is 0.0674. The molecular formula is C26H28FN5O4. The number of anilines is 2. The van der Waals surface area contributed by atoms with Crippen molar-refractivity contribution in [1.29, 1.82) is 0 Å². The smallest absolute Gasteiger partial charge is 0.277 e. The molecule has 3 amide bonds. The van der Waals surface area contributed by atoms with Crippen LogP contribution in [0, 0.1) is 5.82 Å². The van der Waals surface area contributed by atoms with E-state index in [9.17, 15) is 18.8 Å². The van der Waals surface area contributed by atoms with E-state index >= 15 is 0 Å². The average Bonchev–Trinajstić information content (AvgIpc) is 2.87. The van der Waals surface area contributed by atoms with Crippen LogP contribution in [0.2, 0.25) is 0 Å². The Hall–Kier alpha value is -4.21. The summed E-state index contributed by atoms with van der Waals surface area (Å²) in [6.07, 6.45) is 2.58. The molecule has 0 saturated carbocycles. The van der Waals surface area contributed by atoms with Crippen molar-refractivity contribution < 1.29 is 23.5 Å². The number of ether oxygens (including phenoxy) is 1. The lowest BCUT2D eigenvalue weighted by Crippen LogP contribution is -2.44. The van der Waals surface area contributed by atoms with Gasteiger partial charge >= 0.3 is 0 Å². The minimum atomic E-state index is -0.868. The Balaban J connectivity index is 1.67. The second-order valence-electron chi connectivity index (χ2n) is 8.49. The van der Waals surface area contributed by atoms with Crippen LogP contribution in [0.15, 0.2) is 58.7 Å². The maximum absolute atomic E-state index is 14.4. The van der Waals surface area contributed by atoms with E-state index in [4.69, 9.17) is 16.2 Å². The molecular weight excluding hydrogens is 465 g/mol. The van der Waals surface area contributed by atoms with Crippen LogP contribution in [0.4, 0.5) is 21.5 Å². The number of halogens is 1. The molecule has 0 aliphatic carbocycles. The number of hydrogen-bond donors (Lipinski definition) is 2. The molecule has 4 N–H and O–H groups in total. The van der Waals surface area contributed by atoms with Gasteiger partial charge in [-0.05, 0) is 62.6 Å². The highest BCUT2D eigenvalue weighted by molar-refractivity contribution is 6.51. The van der Waals surface area contributed by atoms with Gasteiger partial charge in [-0.25, -0.2) is 9.38 Å². The van der Waals surface area contributed by atoms with E-state index in [-0.39, 0.29) is 47.3 Å². The highest BCUT2D eigenvalue weighted by Gasteiger charge is 2.32. The zero-order valence-corrected chi connectivity index (χ0v) is 20.0. The van der Waals surface area contributed by atoms with Gasteiger partial charge in [0, 0.05) is 42.5 Å². The average molecular weight is 494 g/mol. The standard InChI is InChI=1S/C26H28FN5O4/c1-2-36-21-11-6-16(15-20(21)27)30-24-19(23(28)25(29)34)12-14-32(26(24)35)18-9-7-17(8-10-18)31-13-4-3-5-22(31)33/h6-11,15H,2-5,12-14,28H2,1H3,(H2,29,34). The molecule has 9 nitrogen and oxygen atoms in total. The monoisotopic (exact) mass is 493 g/mol. The summed E-state index contributed by atoms with van der Waals surface area (Å²) in [5, 5.41) is 0. The molecule has 2 saturated heterocycles. The number of nitrogens with zero attached hydrogens (tertiary/aromatic N) is 3. The quantitative estimate of drug-likeness (QED) is 0.598. The molecule has 0 unspecified atom stereocenters. The van der Waals surface area contributed by atoms with Crippen molar-refractivity contribution in [2.75, 3.05) is 29.5 Å². The van der Waals surface area contributed by atoms with Crippen LogP contribution in [0.3, 0.4) is 0 Å². The molecule has 2 aliphatic heterocycles. The number of nitrogens with two attached hydrogens (primary N) is 2. The number of primary amides is 1. The number of amides is 3. The Morgan fingerprint density at radius 3 is 2.31 bits per heavy atom. The van der Waals surface area contributed by atoms with E-state index in [1.165, 1.54) is 17.0 Å². The first-order valence-electron chi connectivity index (χ1n) is 11.8. The summed E-state index contributed by atoms with van der Waals surface area (Å²) >= 11 is 0. The molecule has 4 rings (SSSR count). The fraction of sp³-hybridized carbons (Fsp3) is 0.308. The van der Waals surface area contributed by atoms with Crippen LogP contribution < -0.4 is 26.0 Å². The number of rotatable bonds is 6. The summed E-state index contributed by atoms with van der Waals surface area (Å²) < 4.78 is 19.6. The van der Waals surface area contributed by atoms with Gasteiger partial charge in [-0.15, -0.1) is 0 Å². The molecule has 0 bridgehead atoms. The molecule has 0 spiro atoms. The maximum atomic E-state index is 14.4. The van der Waals surface area contributed by atoms with Gasteiger partial charge in [-0.3, -0.25) is 14.4 Å². The summed E-state index contributed by atoms with van der Waals surface area (Å²) in [6.45, 7) is 2.94. The topological polar surface area (TPSA) is 131 Å². The van der Waals surface area contributed by atoms with Gasteiger partial charge in [0.05, 0.1) is 12.3 Å². The van der Waals surface area contributed by atoms with Crippen molar-refractivity contribution >= 4 is 40.5 Å². The van der Waals surface area contributed by atoms with Crippen molar-refractivity contribution in [1.82, 2.24) is 0 Å². The first-order chi connectivity index (χ1) is 17.3. The highest BCUT2D eigenvalue weighted by atomic mass is 19.1. The van der Waals surface area contributed by atoms with Gasteiger partial charge in [-0.1, -0.05) is 0 Å². The predicted molar refractivity (Wildman–Crippen MR) is 135 cm³/mol. The molecule has 0 atom stereocenters. The molecule has 2 aromatic rings. The van der Waals surface area contributed by atoms with Gasteiger partial charge in [0.25, 0.3) is 11.8 Å². The van der Waals surface area contributed by atoms with Crippen LogP contribution in [0.5, 0.6) is 5.75 Å². The molecule has 36 heavy (non-hydrogen) atoms. The zero-order chi connectivity index (χ0) is 25.8. The highest BCUT2D eigenvalue weighted by Crippen LogP contribution is 2.30. The number of piperidine rings is 2. The van der Waals surface area contributed by atoms with Crippen molar-refractivity contribution in [3.8, 4) is 5.75 Å². The fourth-order valence-corrected chi connectivity index (χ4v) is 4.33. The van der Waals surface area contributed by atoms with Gasteiger partial charge < -0.3 is 26.0 Å². The number of carbonyl (C=O) groups is 3. The van der Waals surface area contributed by atoms with Gasteiger partial charge in [-0.2, -0.15) is 0 Å². The van der Waals surface area contributed by atoms with E-state index in [0.29, 0.717) is 25.3 Å². The zero-order valence-electron chi connectivity index (χ0n) is 20.0. The minimum Gasteiger partial charge on any atom is -0.491 e. The van der Waals surface area contributed by atoms with Crippen molar-refractivity contribution in [3.05, 3.63) is 59.6 Å². The first-order valence-corrected chi connectivity index (χ1v) is 11.8. The van der Waals surface area contributed by atoms with Crippen LogP contribution in [0.25, 0.3) is 0 Å². The lowest BCUT2D eigenvalue weighted by molar-refractivity contribution is -0.119. The van der Waals surface area contributed by atoms with Crippen LogP contribution in [0.1, 0.15) is 32.6 Å². The van der Waals surface area contributed by atoms with Gasteiger partial charge in [0.15, 0.2) is 11.6 Å². The fourth-order valence-electron chi connectivity index (χ4n) is 4.33. The Kier molecular flexibility index (Phi) is 7.33. The predicted octanol–water partition coefficient (Wildman–Crippen LogP) is 2.95.